The van der Waals surface area contributed by atoms with E-state index in [2.05, 4.69) is 10.6 Å². The number of likely N-dealkylation sites (tertiary alicyclic amines) is 1. The fourth-order valence-corrected chi connectivity index (χ4v) is 4.09. The Bertz CT molecular complexity index is 946. The SMILES string of the molecule is CC(C)(CNC(=O)[C@H]1CCCN1C(=O)COc1ccccc1)Nc1cc(Cl)c(N)c(Cl)c1. The number of rotatable bonds is 8. The van der Waals surface area contributed by atoms with Gasteiger partial charge >= 0.3 is 0 Å². The number of amides is 2. The third kappa shape index (κ3) is 6.20. The number of halogens is 2. The lowest BCUT2D eigenvalue weighted by Gasteiger charge is -2.30. The summed E-state index contributed by atoms with van der Waals surface area (Å²) >= 11 is 12.2. The van der Waals surface area contributed by atoms with E-state index in [4.69, 9.17) is 33.7 Å². The highest BCUT2D eigenvalue weighted by Gasteiger charge is 2.34. The minimum absolute atomic E-state index is 0.0977. The van der Waals surface area contributed by atoms with Gasteiger partial charge < -0.3 is 26.0 Å². The first kappa shape index (κ1) is 24.0. The van der Waals surface area contributed by atoms with Crippen LogP contribution in [0.5, 0.6) is 5.75 Å². The second kappa shape index (κ2) is 10.3. The maximum atomic E-state index is 12.9. The number of hydrogen-bond acceptors (Lipinski definition) is 5. The Labute approximate surface area is 198 Å². The van der Waals surface area contributed by atoms with E-state index in [-0.39, 0.29) is 18.4 Å². The predicted octanol–water partition coefficient (Wildman–Crippen LogP) is 3.95. The van der Waals surface area contributed by atoms with Crippen LogP contribution >= 0.6 is 23.2 Å². The first-order valence-corrected chi connectivity index (χ1v) is 11.2. The maximum absolute atomic E-state index is 12.9. The van der Waals surface area contributed by atoms with Crippen molar-refractivity contribution in [2.24, 2.45) is 0 Å². The number of ether oxygens (including phenoxy) is 1. The van der Waals surface area contributed by atoms with Gasteiger partial charge in [0.05, 0.1) is 15.7 Å². The van der Waals surface area contributed by atoms with Gasteiger partial charge in [0.2, 0.25) is 5.91 Å². The average Bonchev–Trinajstić information content (AvgIpc) is 3.25. The summed E-state index contributed by atoms with van der Waals surface area (Å²) in [6.07, 6.45) is 1.40. The van der Waals surface area contributed by atoms with Crippen molar-refractivity contribution in [2.75, 3.05) is 30.7 Å². The molecule has 1 aliphatic heterocycles. The molecule has 172 valence electrons. The highest BCUT2D eigenvalue weighted by Crippen LogP contribution is 2.32. The smallest absolute Gasteiger partial charge is 0.261 e. The molecule has 2 amide bonds. The molecular formula is C23H28Cl2N4O3. The number of nitrogens with zero attached hydrogens (tertiary/aromatic N) is 1. The lowest BCUT2D eigenvalue weighted by Crippen LogP contribution is -2.51. The molecule has 1 atom stereocenters. The third-order valence-corrected chi connectivity index (χ3v) is 5.87. The Morgan fingerprint density at radius 2 is 1.84 bits per heavy atom. The number of nitrogen functional groups attached to an aromatic ring is 1. The van der Waals surface area contributed by atoms with Gasteiger partial charge in [-0.1, -0.05) is 41.4 Å². The Morgan fingerprint density at radius 1 is 1.19 bits per heavy atom. The van der Waals surface area contributed by atoms with Crippen LogP contribution in [0.25, 0.3) is 0 Å². The molecule has 0 bridgehead atoms. The molecule has 0 unspecified atom stereocenters. The number of nitrogens with two attached hydrogens (primary N) is 1. The largest absolute Gasteiger partial charge is 0.484 e. The highest BCUT2D eigenvalue weighted by molar-refractivity contribution is 6.39. The number of para-hydroxylation sites is 1. The monoisotopic (exact) mass is 478 g/mol. The van der Waals surface area contributed by atoms with E-state index in [9.17, 15) is 9.59 Å². The van der Waals surface area contributed by atoms with Crippen molar-refractivity contribution in [3.05, 3.63) is 52.5 Å². The van der Waals surface area contributed by atoms with E-state index in [0.29, 0.717) is 46.7 Å². The van der Waals surface area contributed by atoms with Gasteiger partial charge in [0.1, 0.15) is 11.8 Å². The molecule has 0 radical (unpaired) electrons. The molecule has 1 saturated heterocycles. The summed E-state index contributed by atoms with van der Waals surface area (Å²) < 4.78 is 5.55. The molecule has 0 aromatic heterocycles. The van der Waals surface area contributed by atoms with Gasteiger partial charge in [0.25, 0.3) is 5.91 Å². The van der Waals surface area contributed by atoms with Crippen LogP contribution in [0.2, 0.25) is 10.0 Å². The van der Waals surface area contributed by atoms with Crippen LogP contribution in [-0.2, 0) is 9.59 Å². The zero-order valence-corrected chi connectivity index (χ0v) is 19.7. The van der Waals surface area contributed by atoms with Gasteiger partial charge in [0.15, 0.2) is 6.61 Å². The van der Waals surface area contributed by atoms with E-state index in [1.807, 2.05) is 32.0 Å². The molecule has 3 rings (SSSR count). The van der Waals surface area contributed by atoms with Crippen LogP contribution in [0.15, 0.2) is 42.5 Å². The van der Waals surface area contributed by atoms with Gasteiger partial charge in [-0.25, -0.2) is 0 Å². The van der Waals surface area contributed by atoms with Gasteiger partial charge in [-0.05, 0) is 51.0 Å². The van der Waals surface area contributed by atoms with E-state index in [1.54, 1.807) is 29.2 Å². The molecule has 1 heterocycles. The van der Waals surface area contributed by atoms with Crippen LogP contribution in [0.1, 0.15) is 26.7 Å². The number of hydrogen-bond donors (Lipinski definition) is 3. The van der Waals surface area contributed by atoms with E-state index in [0.717, 1.165) is 6.42 Å². The molecule has 9 heteroatoms. The minimum atomic E-state index is -0.502. The fraction of sp³-hybridized carbons (Fsp3) is 0.391. The summed E-state index contributed by atoms with van der Waals surface area (Å²) in [7, 11) is 0. The second-order valence-electron chi connectivity index (χ2n) is 8.43. The number of anilines is 2. The lowest BCUT2D eigenvalue weighted by atomic mass is 10.0. The molecule has 1 fully saturated rings. The first-order valence-electron chi connectivity index (χ1n) is 10.4. The molecular weight excluding hydrogens is 451 g/mol. The molecule has 2 aromatic carbocycles. The molecule has 4 N–H and O–H groups in total. The zero-order chi connectivity index (χ0) is 23.3. The Balaban J connectivity index is 1.54. The standard InChI is InChI=1S/C23H28Cl2N4O3/c1-23(2,28-15-11-17(24)21(26)18(25)12-15)14-27-22(31)19-9-6-10-29(19)20(30)13-32-16-7-4-3-5-8-16/h3-5,7-8,11-12,19,28H,6,9-10,13-14,26H2,1-2H3,(H,27,31)/t19-/m1/s1. The summed E-state index contributed by atoms with van der Waals surface area (Å²) in [6.45, 7) is 4.66. The second-order valence-corrected chi connectivity index (χ2v) is 9.24. The van der Waals surface area contributed by atoms with Crippen molar-refractivity contribution in [3.8, 4) is 5.75 Å². The molecule has 0 spiro atoms. The average molecular weight is 479 g/mol. The molecule has 1 aliphatic rings. The maximum Gasteiger partial charge on any atom is 0.261 e. The van der Waals surface area contributed by atoms with Crippen molar-refractivity contribution < 1.29 is 14.3 Å². The quantitative estimate of drug-likeness (QED) is 0.499. The van der Waals surface area contributed by atoms with Crippen LogP contribution in [0.3, 0.4) is 0 Å². The zero-order valence-electron chi connectivity index (χ0n) is 18.2. The number of benzene rings is 2. The van der Waals surface area contributed by atoms with Crippen molar-refractivity contribution >= 4 is 46.4 Å². The molecule has 2 aromatic rings. The van der Waals surface area contributed by atoms with Crippen LogP contribution in [0.4, 0.5) is 11.4 Å². The number of nitrogens with one attached hydrogen (secondary N) is 2. The normalized spacial score (nSPS) is 16.0. The summed E-state index contributed by atoms with van der Waals surface area (Å²) in [5.41, 5.74) is 6.31. The van der Waals surface area contributed by atoms with E-state index < -0.39 is 11.6 Å². The minimum Gasteiger partial charge on any atom is -0.484 e. The number of carbonyl (C=O) groups excluding carboxylic acids is 2. The van der Waals surface area contributed by atoms with Gasteiger partial charge in [0, 0.05) is 24.3 Å². The predicted molar refractivity (Wildman–Crippen MR) is 128 cm³/mol. The number of carbonyl (C=O) groups is 2. The highest BCUT2D eigenvalue weighted by atomic mass is 35.5. The fourth-order valence-electron chi connectivity index (χ4n) is 3.60. The van der Waals surface area contributed by atoms with Crippen LogP contribution in [-0.4, -0.2) is 48.0 Å². The van der Waals surface area contributed by atoms with E-state index >= 15 is 0 Å². The van der Waals surface area contributed by atoms with Gasteiger partial charge in [-0.3, -0.25) is 9.59 Å². The Kier molecular flexibility index (Phi) is 7.74. The summed E-state index contributed by atoms with van der Waals surface area (Å²) in [4.78, 5) is 27.1. The van der Waals surface area contributed by atoms with Crippen molar-refractivity contribution in [3.63, 3.8) is 0 Å². The molecule has 32 heavy (non-hydrogen) atoms. The third-order valence-electron chi connectivity index (χ3n) is 5.25. The van der Waals surface area contributed by atoms with Crippen molar-refractivity contribution in [2.45, 2.75) is 38.3 Å². The first-order chi connectivity index (χ1) is 15.2. The summed E-state index contributed by atoms with van der Waals surface area (Å²) in [6, 6.07) is 12.0. The van der Waals surface area contributed by atoms with Crippen molar-refractivity contribution in [1.29, 1.82) is 0 Å². The molecule has 0 aliphatic carbocycles. The van der Waals surface area contributed by atoms with Crippen molar-refractivity contribution in [1.82, 2.24) is 10.2 Å². The van der Waals surface area contributed by atoms with Crippen LogP contribution < -0.4 is 21.1 Å². The van der Waals surface area contributed by atoms with Gasteiger partial charge in [-0.2, -0.15) is 0 Å². The lowest BCUT2D eigenvalue weighted by molar-refractivity contribution is -0.140. The molecule has 7 nitrogen and oxygen atoms in total. The summed E-state index contributed by atoms with van der Waals surface area (Å²) in [5.74, 6) is 0.241. The Hall–Kier alpha value is -2.64. The van der Waals surface area contributed by atoms with Crippen LogP contribution in [0, 0.1) is 0 Å². The molecule has 0 saturated carbocycles. The topological polar surface area (TPSA) is 96.7 Å². The van der Waals surface area contributed by atoms with E-state index in [1.165, 1.54) is 0 Å². The van der Waals surface area contributed by atoms with Gasteiger partial charge in [-0.15, -0.1) is 0 Å². The summed E-state index contributed by atoms with van der Waals surface area (Å²) in [5, 5.41) is 6.98. The Morgan fingerprint density at radius 3 is 2.50 bits per heavy atom.